The van der Waals surface area contributed by atoms with E-state index >= 15 is 0 Å². The minimum absolute atomic E-state index is 0.115. The van der Waals surface area contributed by atoms with Crippen LogP contribution in [0, 0.1) is 5.92 Å². The van der Waals surface area contributed by atoms with Crippen LogP contribution in [-0.4, -0.2) is 31.1 Å². The zero-order valence-electron chi connectivity index (χ0n) is 7.68. The predicted octanol–water partition coefficient (Wildman–Crippen LogP) is -0.941. The van der Waals surface area contributed by atoms with Crippen LogP contribution in [-0.2, 0) is 4.79 Å². The van der Waals surface area contributed by atoms with Crippen LogP contribution in [0.25, 0.3) is 0 Å². The molecule has 0 unspecified atom stereocenters. The van der Waals surface area contributed by atoms with E-state index in [0.717, 1.165) is 13.1 Å². The molecule has 1 aliphatic rings. The Balaban J connectivity index is 2.34. The van der Waals surface area contributed by atoms with Gasteiger partial charge in [0, 0.05) is 25.2 Å². The highest BCUT2D eigenvalue weighted by Gasteiger charge is 2.28. The van der Waals surface area contributed by atoms with Crippen molar-refractivity contribution in [1.82, 2.24) is 10.6 Å². The van der Waals surface area contributed by atoms with Gasteiger partial charge in [-0.2, -0.15) is 0 Å². The Kier molecular flexibility index (Phi) is 2.69. The van der Waals surface area contributed by atoms with Crippen LogP contribution in [0.1, 0.15) is 13.8 Å². The number of nitrogens with one attached hydrogen (secondary N) is 2. The molecular weight excluding hydrogens is 154 g/mol. The van der Waals surface area contributed by atoms with Gasteiger partial charge in [0.1, 0.15) is 0 Å². The number of amides is 1. The van der Waals surface area contributed by atoms with Crippen molar-refractivity contribution in [2.24, 2.45) is 11.7 Å². The lowest BCUT2D eigenvalue weighted by molar-refractivity contribution is -0.127. The van der Waals surface area contributed by atoms with Gasteiger partial charge in [-0.15, -0.1) is 0 Å². The smallest absolute Gasteiger partial charge is 0.226 e. The third-order valence-corrected chi connectivity index (χ3v) is 2.12. The number of hydrogen-bond donors (Lipinski definition) is 3. The summed E-state index contributed by atoms with van der Waals surface area (Å²) in [5.74, 6) is 0.264. The van der Waals surface area contributed by atoms with Crippen LogP contribution in [0.2, 0.25) is 0 Å². The van der Waals surface area contributed by atoms with Crippen molar-refractivity contribution in [2.75, 3.05) is 19.6 Å². The van der Waals surface area contributed by atoms with E-state index in [4.69, 9.17) is 5.73 Å². The van der Waals surface area contributed by atoms with Gasteiger partial charge in [-0.05, 0) is 13.8 Å². The minimum Gasteiger partial charge on any atom is -0.350 e. The van der Waals surface area contributed by atoms with Crippen molar-refractivity contribution in [1.29, 1.82) is 0 Å². The second kappa shape index (κ2) is 3.41. The summed E-state index contributed by atoms with van der Waals surface area (Å²) >= 11 is 0. The molecule has 4 heteroatoms. The van der Waals surface area contributed by atoms with Crippen molar-refractivity contribution >= 4 is 5.91 Å². The van der Waals surface area contributed by atoms with E-state index in [0.29, 0.717) is 6.54 Å². The molecule has 0 bridgehead atoms. The van der Waals surface area contributed by atoms with Gasteiger partial charge in [0.15, 0.2) is 0 Å². The first-order valence-corrected chi connectivity index (χ1v) is 4.28. The fraction of sp³-hybridized carbons (Fsp3) is 0.875. The van der Waals surface area contributed by atoms with Gasteiger partial charge in [-0.25, -0.2) is 0 Å². The third-order valence-electron chi connectivity index (χ3n) is 2.12. The van der Waals surface area contributed by atoms with E-state index < -0.39 is 0 Å². The fourth-order valence-corrected chi connectivity index (χ4v) is 0.961. The lowest BCUT2D eigenvalue weighted by Gasteiger charge is -2.31. The zero-order valence-corrected chi connectivity index (χ0v) is 7.68. The van der Waals surface area contributed by atoms with Crippen molar-refractivity contribution in [2.45, 2.75) is 19.4 Å². The van der Waals surface area contributed by atoms with Crippen LogP contribution in [0.3, 0.4) is 0 Å². The molecule has 1 heterocycles. The first kappa shape index (κ1) is 9.48. The number of hydrogen-bond acceptors (Lipinski definition) is 3. The normalized spacial score (nSPS) is 18.6. The van der Waals surface area contributed by atoms with Crippen LogP contribution in [0.5, 0.6) is 0 Å². The lowest BCUT2D eigenvalue weighted by Crippen LogP contribution is -2.57. The summed E-state index contributed by atoms with van der Waals surface area (Å²) in [4.78, 5) is 11.4. The molecule has 1 fully saturated rings. The summed E-state index contributed by atoms with van der Waals surface area (Å²) in [6.45, 7) is 5.92. The summed E-state index contributed by atoms with van der Waals surface area (Å²) < 4.78 is 0. The summed E-state index contributed by atoms with van der Waals surface area (Å²) in [6, 6.07) is 0. The second-order valence-electron chi connectivity index (χ2n) is 3.93. The number of rotatable bonds is 3. The molecule has 1 aliphatic heterocycles. The fourth-order valence-electron chi connectivity index (χ4n) is 0.961. The number of carbonyl (C=O) groups is 1. The minimum atomic E-state index is -0.271. The average molecular weight is 171 g/mol. The molecule has 0 spiro atoms. The molecule has 0 radical (unpaired) electrons. The van der Waals surface area contributed by atoms with E-state index in [9.17, 15) is 4.79 Å². The van der Waals surface area contributed by atoms with E-state index in [1.165, 1.54) is 0 Å². The molecule has 0 aromatic carbocycles. The first-order valence-electron chi connectivity index (χ1n) is 4.28. The van der Waals surface area contributed by atoms with Gasteiger partial charge >= 0.3 is 0 Å². The van der Waals surface area contributed by atoms with Crippen LogP contribution < -0.4 is 16.4 Å². The summed E-state index contributed by atoms with van der Waals surface area (Å²) in [5.41, 5.74) is 5.21. The Hall–Kier alpha value is -0.610. The predicted molar refractivity (Wildman–Crippen MR) is 47.6 cm³/mol. The van der Waals surface area contributed by atoms with Gasteiger partial charge in [0.25, 0.3) is 0 Å². The molecule has 0 saturated carbocycles. The number of nitrogens with two attached hydrogens (primary N) is 1. The number of carbonyl (C=O) groups excluding carboxylic acids is 1. The van der Waals surface area contributed by atoms with Gasteiger partial charge in [0.05, 0.1) is 5.92 Å². The van der Waals surface area contributed by atoms with E-state index in [-0.39, 0.29) is 17.4 Å². The van der Waals surface area contributed by atoms with Gasteiger partial charge in [-0.3, -0.25) is 4.79 Å². The Bertz CT molecular complexity index is 175. The topological polar surface area (TPSA) is 67.1 Å². The quantitative estimate of drug-likeness (QED) is 0.513. The molecule has 4 nitrogen and oxygen atoms in total. The maximum atomic E-state index is 11.4. The van der Waals surface area contributed by atoms with Crippen LogP contribution >= 0.6 is 0 Å². The highest BCUT2D eigenvalue weighted by molar-refractivity contribution is 5.80. The standard InChI is InChI=1S/C8H17N3O/c1-8(2,5-9)11-7(12)6-3-10-4-6/h6,10H,3-5,9H2,1-2H3,(H,11,12). The first-order chi connectivity index (χ1) is 5.55. The van der Waals surface area contributed by atoms with E-state index in [2.05, 4.69) is 10.6 Å². The highest BCUT2D eigenvalue weighted by atomic mass is 16.2. The third kappa shape index (κ3) is 2.19. The van der Waals surface area contributed by atoms with Crippen LogP contribution in [0.15, 0.2) is 0 Å². The molecule has 1 amide bonds. The average Bonchev–Trinajstić information content (AvgIpc) is 1.82. The maximum absolute atomic E-state index is 11.4. The lowest BCUT2D eigenvalue weighted by atomic mass is 9.99. The largest absolute Gasteiger partial charge is 0.350 e. The molecule has 70 valence electrons. The second-order valence-corrected chi connectivity index (χ2v) is 3.93. The SMILES string of the molecule is CC(C)(CN)NC(=O)C1CNC1. The van der Waals surface area contributed by atoms with Crippen molar-refractivity contribution in [3.05, 3.63) is 0 Å². The molecule has 0 aliphatic carbocycles. The highest BCUT2D eigenvalue weighted by Crippen LogP contribution is 2.06. The maximum Gasteiger partial charge on any atom is 0.226 e. The molecule has 0 aromatic heterocycles. The van der Waals surface area contributed by atoms with E-state index in [1.54, 1.807) is 0 Å². The molecule has 12 heavy (non-hydrogen) atoms. The summed E-state index contributed by atoms with van der Waals surface area (Å²) in [7, 11) is 0. The van der Waals surface area contributed by atoms with Gasteiger partial charge in [0.2, 0.25) is 5.91 Å². The van der Waals surface area contributed by atoms with Crippen molar-refractivity contribution in [3.8, 4) is 0 Å². The monoisotopic (exact) mass is 171 g/mol. The van der Waals surface area contributed by atoms with Gasteiger partial charge < -0.3 is 16.4 Å². The molecule has 0 atom stereocenters. The Morgan fingerprint density at radius 1 is 1.67 bits per heavy atom. The molecule has 1 saturated heterocycles. The molecule has 0 aromatic rings. The molecular formula is C8H17N3O. The summed E-state index contributed by atoms with van der Waals surface area (Å²) in [5, 5.41) is 5.96. The van der Waals surface area contributed by atoms with Gasteiger partial charge in [-0.1, -0.05) is 0 Å². The molecule has 4 N–H and O–H groups in total. The summed E-state index contributed by atoms with van der Waals surface area (Å²) in [6.07, 6.45) is 0. The van der Waals surface area contributed by atoms with Crippen LogP contribution in [0.4, 0.5) is 0 Å². The van der Waals surface area contributed by atoms with E-state index in [1.807, 2.05) is 13.8 Å². The Labute approximate surface area is 72.9 Å². The molecule has 1 rings (SSSR count). The Morgan fingerprint density at radius 2 is 2.25 bits per heavy atom. The zero-order chi connectivity index (χ0) is 9.19. The van der Waals surface area contributed by atoms with Crippen molar-refractivity contribution in [3.63, 3.8) is 0 Å². The van der Waals surface area contributed by atoms with Crippen molar-refractivity contribution < 1.29 is 4.79 Å². The Morgan fingerprint density at radius 3 is 2.58 bits per heavy atom.